The van der Waals surface area contributed by atoms with E-state index in [4.69, 9.17) is 4.74 Å². The lowest BCUT2D eigenvalue weighted by Gasteiger charge is -2.32. The maximum absolute atomic E-state index is 13.7. The summed E-state index contributed by atoms with van der Waals surface area (Å²) in [6.45, 7) is 2.58. The van der Waals surface area contributed by atoms with Crippen LogP contribution in [-0.4, -0.2) is 43.6 Å². The molecular weight excluding hydrogens is 319 g/mol. The molecule has 1 heterocycles. The van der Waals surface area contributed by atoms with Crippen LogP contribution in [0.5, 0.6) is 5.75 Å². The van der Waals surface area contributed by atoms with Crippen LogP contribution < -0.4 is 10.1 Å². The third-order valence-electron chi connectivity index (χ3n) is 4.57. The second-order valence-corrected chi connectivity index (χ2v) is 6.27. The van der Waals surface area contributed by atoms with Crippen molar-refractivity contribution in [3.63, 3.8) is 0 Å². The molecule has 0 unspecified atom stereocenters. The van der Waals surface area contributed by atoms with Crippen LogP contribution in [0.2, 0.25) is 0 Å². The third-order valence-corrected chi connectivity index (χ3v) is 4.57. The van der Waals surface area contributed by atoms with Crippen molar-refractivity contribution < 1.29 is 13.9 Å². The second kappa shape index (κ2) is 7.97. The molecule has 0 aromatic heterocycles. The highest BCUT2D eigenvalue weighted by molar-refractivity contribution is 5.94. The molecule has 4 nitrogen and oxygen atoms in total. The van der Waals surface area contributed by atoms with Crippen molar-refractivity contribution >= 4 is 18.3 Å². The van der Waals surface area contributed by atoms with Crippen LogP contribution >= 0.6 is 12.4 Å². The van der Waals surface area contributed by atoms with Crippen molar-refractivity contribution in [1.82, 2.24) is 10.2 Å². The highest BCUT2D eigenvalue weighted by Crippen LogP contribution is 2.28. The molecule has 2 aliphatic rings. The van der Waals surface area contributed by atoms with Gasteiger partial charge in [0.2, 0.25) is 0 Å². The molecule has 0 radical (unpaired) electrons. The minimum atomic E-state index is -0.491. The van der Waals surface area contributed by atoms with Crippen molar-refractivity contribution in [3.05, 3.63) is 29.6 Å². The Bertz CT molecular complexity index is 543. The van der Waals surface area contributed by atoms with Gasteiger partial charge < -0.3 is 15.0 Å². The van der Waals surface area contributed by atoms with Gasteiger partial charge >= 0.3 is 0 Å². The number of nitrogens with zero attached hydrogens (tertiary/aromatic N) is 1. The summed E-state index contributed by atoms with van der Waals surface area (Å²) in [4.78, 5) is 14.2. The number of halogens is 2. The number of nitrogens with one attached hydrogen (secondary N) is 1. The lowest BCUT2D eigenvalue weighted by molar-refractivity contribution is 0.0704. The quantitative estimate of drug-likeness (QED) is 0.894. The number of amides is 1. The van der Waals surface area contributed by atoms with Gasteiger partial charge in [-0.15, -0.1) is 12.4 Å². The number of likely N-dealkylation sites (tertiary alicyclic amines) is 1. The molecule has 1 saturated carbocycles. The van der Waals surface area contributed by atoms with Crippen LogP contribution in [-0.2, 0) is 0 Å². The average molecular weight is 343 g/mol. The minimum absolute atomic E-state index is 0. The summed E-state index contributed by atoms with van der Waals surface area (Å²) in [6.07, 6.45) is 4.65. The third kappa shape index (κ3) is 4.58. The van der Waals surface area contributed by atoms with Gasteiger partial charge in [0, 0.05) is 24.7 Å². The molecular formula is C17H24ClFN2O2. The van der Waals surface area contributed by atoms with Crippen LogP contribution in [0.1, 0.15) is 36.0 Å². The van der Waals surface area contributed by atoms with E-state index in [9.17, 15) is 9.18 Å². The van der Waals surface area contributed by atoms with Crippen LogP contribution in [0.4, 0.5) is 4.39 Å². The van der Waals surface area contributed by atoms with Gasteiger partial charge in [0.1, 0.15) is 0 Å². The van der Waals surface area contributed by atoms with Gasteiger partial charge in [0.15, 0.2) is 11.6 Å². The number of benzene rings is 1. The van der Waals surface area contributed by atoms with E-state index in [1.165, 1.54) is 32.1 Å². The number of hydrogen-bond acceptors (Lipinski definition) is 3. The normalized spacial score (nSPS) is 18.4. The lowest BCUT2D eigenvalue weighted by Crippen LogP contribution is -2.45. The molecule has 128 valence electrons. The zero-order valence-electron chi connectivity index (χ0n) is 13.4. The van der Waals surface area contributed by atoms with Crippen LogP contribution in [0.15, 0.2) is 18.2 Å². The summed E-state index contributed by atoms with van der Waals surface area (Å²) in [5, 5.41) is 3.59. The molecule has 1 aliphatic heterocycles. The largest absolute Gasteiger partial charge is 0.494 e. The molecule has 1 amide bonds. The summed E-state index contributed by atoms with van der Waals surface area (Å²) in [5.74, 6) is 0.456. The second-order valence-electron chi connectivity index (χ2n) is 6.27. The topological polar surface area (TPSA) is 41.6 Å². The zero-order valence-corrected chi connectivity index (χ0v) is 14.2. The fourth-order valence-corrected chi connectivity index (χ4v) is 2.92. The number of hydrogen-bond donors (Lipinski definition) is 1. The Hall–Kier alpha value is -1.33. The first-order chi connectivity index (χ1) is 10.7. The molecule has 1 aliphatic carbocycles. The van der Waals surface area contributed by atoms with Gasteiger partial charge in [0.25, 0.3) is 5.91 Å². The van der Waals surface area contributed by atoms with Gasteiger partial charge in [0.05, 0.1) is 7.11 Å². The van der Waals surface area contributed by atoms with Crippen molar-refractivity contribution in [2.24, 2.45) is 5.92 Å². The number of piperidine rings is 1. The summed E-state index contributed by atoms with van der Waals surface area (Å²) in [5.41, 5.74) is 0.391. The number of carbonyl (C=O) groups excluding carboxylic acids is 1. The van der Waals surface area contributed by atoms with Crippen molar-refractivity contribution in [2.75, 3.05) is 26.7 Å². The highest BCUT2D eigenvalue weighted by atomic mass is 35.5. The minimum Gasteiger partial charge on any atom is -0.494 e. The molecule has 0 bridgehead atoms. The average Bonchev–Trinajstić information content (AvgIpc) is 3.37. The Morgan fingerprint density at radius 1 is 1.30 bits per heavy atom. The molecule has 3 rings (SSSR count). The number of carbonyl (C=O) groups is 1. The molecule has 23 heavy (non-hydrogen) atoms. The molecule has 1 N–H and O–H groups in total. The van der Waals surface area contributed by atoms with E-state index in [1.807, 2.05) is 4.90 Å². The first-order valence-electron chi connectivity index (χ1n) is 8.03. The van der Waals surface area contributed by atoms with E-state index in [0.717, 1.165) is 38.4 Å². The van der Waals surface area contributed by atoms with E-state index in [-0.39, 0.29) is 24.1 Å². The molecule has 0 atom stereocenters. The smallest absolute Gasteiger partial charge is 0.253 e. The van der Waals surface area contributed by atoms with E-state index >= 15 is 0 Å². The first-order valence-corrected chi connectivity index (χ1v) is 8.03. The Labute approximate surface area is 142 Å². The van der Waals surface area contributed by atoms with E-state index in [0.29, 0.717) is 11.6 Å². The van der Waals surface area contributed by atoms with Gasteiger partial charge in [-0.3, -0.25) is 4.79 Å². The summed E-state index contributed by atoms with van der Waals surface area (Å²) in [7, 11) is 1.42. The Morgan fingerprint density at radius 3 is 2.57 bits per heavy atom. The highest BCUT2D eigenvalue weighted by Gasteiger charge is 2.26. The van der Waals surface area contributed by atoms with Gasteiger partial charge in [-0.2, -0.15) is 0 Å². The van der Waals surface area contributed by atoms with Gasteiger partial charge in [-0.1, -0.05) is 0 Å². The Morgan fingerprint density at radius 2 is 2.00 bits per heavy atom. The van der Waals surface area contributed by atoms with Gasteiger partial charge in [-0.25, -0.2) is 4.39 Å². The lowest BCUT2D eigenvalue weighted by atomic mass is 10.0. The number of methoxy groups -OCH3 is 1. The van der Waals surface area contributed by atoms with Crippen LogP contribution in [0.25, 0.3) is 0 Å². The van der Waals surface area contributed by atoms with Crippen molar-refractivity contribution in [3.8, 4) is 5.75 Å². The Balaban J connectivity index is 0.00000192. The van der Waals surface area contributed by atoms with E-state index < -0.39 is 5.82 Å². The fourth-order valence-electron chi connectivity index (χ4n) is 2.92. The van der Waals surface area contributed by atoms with E-state index in [1.54, 1.807) is 6.07 Å². The summed E-state index contributed by atoms with van der Waals surface area (Å²) in [6, 6.07) is 4.91. The maximum atomic E-state index is 13.7. The maximum Gasteiger partial charge on any atom is 0.253 e. The fraction of sp³-hybridized carbons (Fsp3) is 0.588. The predicted molar refractivity (Wildman–Crippen MR) is 89.9 cm³/mol. The SMILES string of the molecule is COc1ccc(C(=O)N2CCC(NCC3CC3)CC2)cc1F.Cl. The van der Waals surface area contributed by atoms with Crippen molar-refractivity contribution in [1.29, 1.82) is 0 Å². The monoisotopic (exact) mass is 342 g/mol. The number of ether oxygens (including phenoxy) is 1. The Kier molecular flexibility index (Phi) is 6.25. The number of rotatable bonds is 5. The first kappa shape index (κ1) is 18.0. The van der Waals surface area contributed by atoms with E-state index in [2.05, 4.69) is 5.32 Å². The molecule has 1 aromatic rings. The molecule has 0 spiro atoms. The standard InChI is InChI=1S/C17H23FN2O2.ClH/c1-22-16-5-4-13(10-15(16)18)17(21)20-8-6-14(7-9-20)19-11-12-2-3-12;/h4-5,10,12,14,19H,2-3,6-9,11H2,1H3;1H. The summed E-state index contributed by atoms with van der Waals surface area (Å²) < 4.78 is 18.6. The van der Waals surface area contributed by atoms with Crippen LogP contribution in [0.3, 0.4) is 0 Å². The van der Waals surface area contributed by atoms with Gasteiger partial charge in [-0.05, 0) is 56.3 Å². The molecule has 1 aromatic carbocycles. The van der Waals surface area contributed by atoms with Crippen molar-refractivity contribution in [2.45, 2.75) is 31.7 Å². The predicted octanol–water partition coefficient (Wildman–Crippen LogP) is 2.86. The zero-order chi connectivity index (χ0) is 15.5. The molecule has 2 fully saturated rings. The van der Waals surface area contributed by atoms with Crippen LogP contribution in [0, 0.1) is 11.7 Å². The molecule has 1 saturated heterocycles. The molecule has 6 heteroatoms. The summed E-state index contributed by atoms with van der Waals surface area (Å²) >= 11 is 0.